The molecule has 1 aliphatic heterocycles. The number of amides is 1. The smallest absolute Gasteiger partial charge is 0.227 e. The van der Waals surface area contributed by atoms with Gasteiger partial charge in [-0.05, 0) is 6.42 Å². The molecule has 1 aliphatic rings. The number of carbonyl (C=O) groups is 1. The lowest BCUT2D eigenvalue weighted by Gasteiger charge is -2.25. The normalized spacial score (nSPS) is 22.9. The molecule has 0 aliphatic carbocycles. The standard InChI is InChI=1S/C11H21NO2/c1-11(2,3)10(13)12-6-5-9(7-12)8-14-4/h9H,5-8H2,1-4H3/t9-/m0/s1. The van der Waals surface area contributed by atoms with Crippen molar-refractivity contribution in [3.05, 3.63) is 0 Å². The average Bonchev–Trinajstić information content (AvgIpc) is 2.50. The fourth-order valence-electron chi connectivity index (χ4n) is 1.86. The number of carbonyl (C=O) groups excluding carboxylic acids is 1. The zero-order valence-electron chi connectivity index (χ0n) is 9.67. The number of hydrogen-bond acceptors (Lipinski definition) is 2. The fourth-order valence-corrected chi connectivity index (χ4v) is 1.86. The molecule has 0 spiro atoms. The fraction of sp³-hybridized carbons (Fsp3) is 0.909. The number of ether oxygens (including phenoxy) is 1. The van der Waals surface area contributed by atoms with E-state index in [0.717, 1.165) is 26.1 Å². The summed E-state index contributed by atoms with van der Waals surface area (Å²) in [6.07, 6.45) is 1.08. The zero-order chi connectivity index (χ0) is 10.8. The van der Waals surface area contributed by atoms with Crippen molar-refractivity contribution in [2.75, 3.05) is 26.8 Å². The minimum absolute atomic E-state index is 0.248. The van der Waals surface area contributed by atoms with Crippen LogP contribution in [0.5, 0.6) is 0 Å². The first kappa shape index (κ1) is 11.5. The van der Waals surface area contributed by atoms with Crippen molar-refractivity contribution in [2.45, 2.75) is 27.2 Å². The summed E-state index contributed by atoms with van der Waals surface area (Å²) in [7, 11) is 1.72. The lowest BCUT2D eigenvalue weighted by Crippen LogP contribution is -2.38. The van der Waals surface area contributed by atoms with Crippen LogP contribution in [0.2, 0.25) is 0 Å². The SMILES string of the molecule is COC[C@H]1CCN(C(=O)C(C)(C)C)C1. The van der Waals surface area contributed by atoms with Crippen LogP contribution >= 0.6 is 0 Å². The first-order chi connectivity index (χ1) is 6.45. The van der Waals surface area contributed by atoms with Crippen molar-refractivity contribution in [3.8, 4) is 0 Å². The number of nitrogens with zero attached hydrogens (tertiary/aromatic N) is 1. The molecular formula is C11H21NO2. The molecule has 0 bridgehead atoms. The van der Waals surface area contributed by atoms with Gasteiger partial charge in [0.1, 0.15) is 0 Å². The van der Waals surface area contributed by atoms with Crippen LogP contribution in [-0.2, 0) is 9.53 Å². The van der Waals surface area contributed by atoms with Crippen LogP contribution in [0.25, 0.3) is 0 Å². The molecule has 0 aromatic carbocycles. The minimum atomic E-state index is -0.248. The average molecular weight is 199 g/mol. The van der Waals surface area contributed by atoms with Gasteiger partial charge in [-0.2, -0.15) is 0 Å². The Morgan fingerprint density at radius 3 is 2.64 bits per heavy atom. The Bertz CT molecular complexity index is 208. The van der Waals surface area contributed by atoms with Crippen LogP contribution in [0.1, 0.15) is 27.2 Å². The predicted octanol–water partition coefficient (Wildman–Crippen LogP) is 1.53. The van der Waals surface area contributed by atoms with E-state index in [9.17, 15) is 4.79 Å². The summed E-state index contributed by atoms with van der Waals surface area (Å²) in [5, 5.41) is 0. The van der Waals surface area contributed by atoms with Crippen molar-refractivity contribution in [2.24, 2.45) is 11.3 Å². The van der Waals surface area contributed by atoms with Gasteiger partial charge >= 0.3 is 0 Å². The molecule has 3 nitrogen and oxygen atoms in total. The third-order valence-corrected chi connectivity index (χ3v) is 2.62. The van der Waals surface area contributed by atoms with E-state index >= 15 is 0 Å². The van der Waals surface area contributed by atoms with Crippen LogP contribution in [0.4, 0.5) is 0 Å². The van der Waals surface area contributed by atoms with Gasteiger partial charge in [0.15, 0.2) is 0 Å². The molecule has 0 saturated carbocycles. The molecule has 0 radical (unpaired) electrons. The summed E-state index contributed by atoms with van der Waals surface area (Å²) >= 11 is 0. The van der Waals surface area contributed by atoms with E-state index in [1.807, 2.05) is 25.7 Å². The summed E-state index contributed by atoms with van der Waals surface area (Å²) in [6.45, 7) is 8.44. The van der Waals surface area contributed by atoms with Gasteiger partial charge in [0.2, 0.25) is 5.91 Å². The molecule has 1 rings (SSSR count). The van der Waals surface area contributed by atoms with Gasteiger partial charge in [0.05, 0.1) is 6.61 Å². The number of rotatable bonds is 2. The molecule has 0 N–H and O–H groups in total. The Kier molecular flexibility index (Phi) is 3.53. The molecule has 3 heteroatoms. The molecule has 1 fully saturated rings. The summed E-state index contributed by atoms with van der Waals surface area (Å²) in [5.41, 5.74) is -0.248. The quantitative estimate of drug-likeness (QED) is 0.675. The van der Waals surface area contributed by atoms with E-state index in [0.29, 0.717) is 5.92 Å². The lowest BCUT2D eigenvalue weighted by molar-refractivity contribution is -0.138. The van der Waals surface area contributed by atoms with Crippen LogP contribution in [0.3, 0.4) is 0 Å². The van der Waals surface area contributed by atoms with Gasteiger partial charge in [-0.1, -0.05) is 20.8 Å². The molecular weight excluding hydrogens is 178 g/mol. The van der Waals surface area contributed by atoms with E-state index in [2.05, 4.69) is 0 Å². The second-order valence-corrected chi connectivity index (χ2v) is 5.11. The van der Waals surface area contributed by atoms with Crippen LogP contribution in [0.15, 0.2) is 0 Å². The molecule has 0 aromatic heterocycles. The van der Waals surface area contributed by atoms with Crippen molar-refractivity contribution in [1.82, 2.24) is 4.90 Å². The maximum atomic E-state index is 11.9. The van der Waals surface area contributed by atoms with Crippen LogP contribution in [0, 0.1) is 11.3 Å². The lowest BCUT2D eigenvalue weighted by atomic mass is 9.95. The highest BCUT2D eigenvalue weighted by Crippen LogP contribution is 2.23. The largest absolute Gasteiger partial charge is 0.384 e. The zero-order valence-corrected chi connectivity index (χ0v) is 9.67. The van der Waals surface area contributed by atoms with E-state index in [-0.39, 0.29) is 11.3 Å². The van der Waals surface area contributed by atoms with E-state index in [4.69, 9.17) is 4.74 Å². The molecule has 0 unspecified atom stereocenters. The van der Waals surface area contributed by atoms with Crippen molar-refractivity contribution >= 4 is 5.91 Å². The second-order valence-electron chi connectivity index (χ2n) is 5.11. The molecule has 14 heavy (non-hydrogen) atoms. The van der Waals surface area contributed by atoms with Gasteiger partial charge in [0.25, 0.3) is 0 Å². The third-order valence-electron chi connectivity index (χ3n) is 2.62. The van der Waals surface area contributed by atoms with Crippen LogP contribution < -0.4 is 0 Å². The van der Waals surface area contributed by atoms with Gasteiger partial charge in [0, 0.05) is 31.5 Å². The molecule has 82 valence electrons. The number of likely N-dealkylation sites (tertiary alicyclic amines) is 1. The van der Waals surface area contributed by atoms with E-state index < -0.39 is 0 Å². The van der Waals surface area contributed by atoms with Gasteiger partial charge in [-0.3, -0.25) is 4.79 Å². The molecule has 1 heterocycles. The van der Waals surface area contributed by atoms with Gasteiger partial charge in [-0.15, -0.1) is 0 Å². The van der Waals surface area contributed by atoms with Gasteiger partial charge in [-0.25, -0.2) is 0 Å². The maximum Gasteiger partial charge on any atom is 0.227 e. The number of methoxy groups -OCH3 is 1. The Morgan fingerprint density at radius 2 is 2.14 bits per heavy atom. The van der Waals surface area contributed by atoms with Crippen molar-refractivity contribution in [3.63, 3.8) is 0 Å². The topological polar surface area (TPSA) is 29.5 Å². The highest BCUT2D eigenvalue weighted by molar-refractivity contribution is 5.81. The first-order valence-corrected chi connectivity index (χ1v) is 5.23. The highest BCUT2D eigenvalue weighted by Gasteiger charge is 2.32. The Hall–Kier alpha value is -0.570. The monoisotopic (exact) mass is 199 g/mol. The summed E-state index contributed by atoms with van der Waals surface area (Å²) in [4.78, 5) is 13.9. The predicted molar refractivity (Wildman–Crippen MR) is 56.0 cm³/mol. The molecule has 1 amide bonds. The first-order valence-electron chi connectivity index (χ1n) is 5.23. The van der Waals surface area contributed by atoms with Crippen molar-refractivity contribution < 1.29 is 9.53 Å². The summed E-state index contributed by atoms with van der Waals surface area (Å²) < 4.78 is 5.10. The van der Waals surface area contributed by atoms with E-state index in [1.54, 1.807) is 7.11 Å². The molecule has 0 aromatic rings. The molecule has 1 saturated heterocycles. The highest BCUT2D eigenvalue weighted by atomic mass is 16.5. The number of hydrogen-bond donors (Lipinski definition) is 0. The van der Waals surface area contributed by atoms with Crippen LogP contribution in [-0.4, -0.2) is 37.6 Å². The Labute approximate surface area is 86.4 Å². The van der Waals surface area contributed by atoms with E-state index in [1.165, 1.54) is 0 Å². The third kappa shape index (κ3) is 2.71. The Balaban J connectivity index is 2.46. The molecule has 1 atom stereocenters. The second kappa shape index (κ2) is 4.30. The maximum absolute atomic E-state index is 11.9. The summed E-state index contributed by atoms with van der Waals surface area (Å²) in [5.74, 6) is 0.794. The van der Waals surface area contributed by atoms with Gasteiger partial charge < -0.3 is 9.64 Å². The minimum Gasteiger partial charge on any atom is -0.384 e. The van der Waals surface area contributed by atoms with Crippen molar-refractivity contribution in [1.29, 1.82) is 0 Å². The summed E-state index contributed by atoms with van der Waals surface area (Å²) in [6, 6.07) is 0. The Morgan fingerprint density at radius 1 is 1.50 bits per heavy atom.